The molecular formula is C18H18F4N2O2S. The van der Waals surface area contributed by atoms with E-state index in [1.54, 1.807) is 0 Å². The van der Waals surface area contributed by atoms with E-state index in [1.807, 2.05) is 30.3 Å². The van der Waals surface area contributed by atoms with Crippen LogP contribution in [-0.2, 0) is 22.7 Å². The Bertz CT molecular complexity index is 901. The van der Waals surface area contributed by atoms with Gasteiger partial charge in [0.15, 0.2) is 0 Å². The van der Waals surface area contributed by atoms with Crippen LogP contribution < -0.4 is 4.72 Å². The van der Waals surface area contributed by atoms with Crippen LogP contribution in [0.15, 0.2) is 53.4 Å². The molecule has 146 valence electrons. The van der Waals surface area contributed by atoms with Crippen molar-refractivity contribution in [1.29, 1.82) is 0 Å². The molecule has 0 spiro atoms. The first-order valence-corrected chi connectivity index (χ1v) is 9.79. The molecule has 2 aromatic carbocycles. The minimum atomic E-state index is -4.96. The highest BCUT2D eigenvalue weighted by Gasteiger charge is 2.36. The molecule has 0 amide bonds. The summed E-state index contributed by atoms with van der Waals surface area (Å²) in [5.41, 5.74) is -0.503. The Morgan fingerprint density at radius 3 is 2.48 bits per heavy atom. The zero-order valence-corrected chi connectivity index (χ0v) is 15.0. The van der Waals surface area contributed by atoms with E-state index < -0.39 is 38.5 Å². The first-order valence-electron chi connectivity index (χ1n) is 8.30. The number of likely N-dealkylation sites (tertiary alicyclic amines) is 1. The van der Waals surface area contributed by atoms with Crippen LogP contribution in [0.4, 0.5) is 17.6 Å². The summed E-state index contributed by atoms with van der Waals surface area (Å²) >= 11 is 0. The molecule has 1 saturated heterocycles. The highest BCUT2D eigenvalue weighted by molar-refractivity contribution is 7.89. The zero-order chi connectivity index (χ0) is 19.7. The Hall–Kier alpha value is -1.97. The molecule has 1 aliphatic rings. The van der Waals surface area contributed by atoms with Crippen LogP contribution >= 0.6 is 0 Å². The van der Waals surface area contributed by atoms with Gasteiger partial charge in [-0.25, -0.2) is 17.5 Å². The van der Waals surface area contributed by atoms with Crippen LogP contribution in [0.5, 0.6) is 0 Å². The van der Waals surface area contributed by atoms with Gasteiger partial charge in [-0.3, -0.25) is 4.90 Å². The molecular weight excluding hydrogens is 384 g/mol. The lowest BCUT2D eigenvalue weighted by atomic mass is 10.2. The fourth-order valence-corrected chi connectivity index (χ4v) is 4.38. The molecule has 1 atom stereocenters. The number of sulfonamides is 1. The minimum absolute atomic E-state index is 0.328. The number of alkyl halides is 3. The summed E-state index contributed by atoms with van der Waals surface area (Å²) < 4.78 is 79.1. The fourth-order valence-electron chi connectivity index (χ4n) is 3.09. The van der Waals surface area contributed by atoms with E-state index in [2.05, 4.69) is 9.62 Å². The topological polar surface area (TPSA) is 49.4 Å². The van der Waals surface area contributed by atoms with Crippen molar-refractivity contribution < 1.29 is 26.0 Å². The number of hydrogen-bond acceptors (Lipinski definition) is 3. The highest BCUT2D eigenvalue weighted by Crippen LogP contribution is 2.32. The molecule has 3 rings (SSSR count). The van der Waals surface area contributed by atoms with Crippen LogP contribution in [0.25, 0.3) is 0 Å². The molecule has 0 aromatic heterocycles. The SMILES string of the molecule is O=S(=O)(NC1CCN(Cc2ccccc2)C1)c1ccc(F)c(C(F)(F)F)c1. The standard InChI is InChI=1S/C18H18F4N2O2S/c19-17-7-6-15(10-16(17)18(20,21)22)27(25,26)23-14-8-9-24(12-14)11-13-4-2-1-3-5-13/h1-7,10,14,23H,8-9,11-12H2. The second kappa shape index (κ2) is 7.57. The van der Waals surface area contributed by atoms with Gasteiger partial charge in [-0.05, 0) is 30.2 Å². The van der Waals surface area contributed by atoms with E-state index in [1.165, 1.54) is 0 Å². The summed E-state index contributed by atoms with van der Waals surface area (Å²) in [4.78, 5) is 1.46. The van der Waals surface area contributed by atoms with E-state index in [0.29, 0.717) is 38.2 Å². The summed E-state index contributed by atoms with van der Waals surface area (Å²) in [5.74, 6) is -1.50. The first-order chi connectivity index (χ1) is 12.6. The maximum absolute atomic E-state index is 13.4. The number of rotatable bonds is 5. The van der Waals surface area contributed by atoms with Gasteiger partial charge in [0.05, 0.1) is 10.5 Å². The van der Waals surface area contributed by atoms with Crippen molar-refractivity contribution in [1.82, 2.24) is 9.62 Å². The summed E-state index contributed by atoms with van der Waals surface area (Å²) in [6, 6.07) is 10.9. The van der Waals surface area contributed by atoms with Gasteiger partial charge in [-0.1, -0.05) is 30.3 Å². The fraction of sp³-hybridized carbons (Fsp3) is 0.333. The molecule has 1 aliphatic heterocycles. The monoisotopic (exact) mass is 402 g/mol. The van der Waals surface area contributed by atoms with Gasteiger partial charge in [0, 0.05) is 25.7 Å². The number of benzene rings is 2. The van der Waals surface area contributed by atoms with E-state index in [0.717, 1.165) is 11.6 Å². The van der Waals surface area contributed by atoms with Gasteiger partial charge in [-0.15, -0.1) is 0 Å². The van der Waals surface area contributed by atoms with Crippen molar-refractivity contribution in [2.24, 2.45) is 0 Å². The van der Waals surface area contributed by atoms with Crippen LogP contribution in [0.2, 0.25) is 0 Å². The maximum Gasteiger partial charge on any atom is 0.419 e. The number of halogens is 4. The molecule has 9 heteroatoms. The predicted octanol–water partition coefficient (Wildman–Crippen LogP) is 3.40. The molecule has 27 heavy (non-hydrogen) atoms. The van der Waals surface area contributed by atoms with Gasteiger partial charge < -0.3 is 0 Å². The Labute approximate surface area is 154 Å². The van der Waals surface area contributed by atoms with Crippen LogP contribution in [-0.4, -0.2) is 32.4 Å². The Morgan fingerprint density at radius 2 is 1.81 bits per heavy atom. The molecule has 0 radical (unpaired) electrons. The van der Waals surface area contributed by atoms with E-state index in [-0.39, 0.29) is 0 Å². The Kier molecular flexibility index (Phi) is 5.55. The quantitative estimate of drug-likeness (QED) is 0.780. The van der Waals surface area contributed by atoms with E-state index >= 15 is 0 Å². The molecule has 0 aliphatic carbocycles. The molecule has 1 heterocycles. The number of hydrogen-bond donors (Lipinski definition) is 1. The molecule has 0 bridgehead atoms. The van der Waals surface area contributed by atoms with Crippen LogP contribution in [0.1, 0.15) is 17.5 Å². The summed E-state index contributed by atoms with van der Waals surface area (Å²) in [7, 11) is -4.18. The zero-order valence-electron chi connectivity index (χ0n) is 14.2. The maximum atomic E-state index is 13.4. The third-order valence-corrected chi connectivity index (χ3v) is 5.91. The van der Waals surface area contributed by atoms with Crippen LogP contribution in [0.3, 0.4) is 0 Å². The van der Waals surface area contributed by atoms with Crippen molar-refractivity contribution in [3.05, 3.63) is 65.5 Å². The normalized spacial score (nSPS) is 18.7. The third kappa shape index (κ3) is 4.85. The van der Waals surface area contributed by atoms with Crippen molar-refractivity contribution in [2.45, 2.75) is 30.1 Å². The third-order valence-electron chi connectivity index (χ3n) is 4.40. The summed E-state index contributed by atoms with van der Waals surface area (Å²) in [6.45, 7) is 1.77. The van der Waals surface area contributed by atoms with Crippen molar-refractivity contribution >= 4 is 10.0 Å². The largest absolute Gasteiger partial charge is 0.419 e. The summed E-state index contributed by atoms with van der Waals surface area (Å²) in [6.07, 6.45) is -4.42. The van der Waals surface area contributed by atoms with Gasteiger partial charge in [0.2, 0.25) is 10.0 Å². The first kappa shape index (κ1) is 19.8. The molecule has 4 nitrogen and oxygen atoms in total. The number of nitrogens with one attached hydrogen (secondary N) is 1. The van der Waals surface area contributed by atoms with Gasteiger partial charge >= 0.3 is 6.18 Å². The molecule has 1 unspecified atom stereocenters. The van der Waals surface area contributed by atoms with E-state index in [4.69, 9.17) is 0 Å². The Balaban J connectivity index is 1.69. The second-order valence-electron chi connectivity index (χ2n) is 6.47. The van der Waals surface area contributed by atoms with Gasteiger partial charge in [0.25, 0.3) is 0 Å². The smallest absolute Gasteiger partial charge is 0.297 e. The van der Waals surface area contributed by atoms with Crippen LogP contribution in [0, 0.1) is 5.82 Å². The lowest BCUT2D eigenvalue weighted by Crippen LogP contribution is -2.37. The van der Waals surface area contributed by atoms with Crippen molar-refractivity contribution in [3.8, 4) is 0 Å². The lowest BCUT2D eigenvalue weighted by molar-refractivity contribution is -0.140. The summed E-state index contributed by atoms with van der Waals surface area (Å²) in [5, 5.41) is 0. The van der Waals surface area contributed by atoms with Gasteiger partial charge in [-0.2, -0.15) is 13.2 Å². The van der Waals surface area contributed by atoms with Crippen molar-refractivity contribution in [2.75, 3.05) is 13.1 Å². The van der Waals surface area contributed by atoms with Gasteiger partial charge in [0.1, 0.15) is 5.82 Å². The number of nitrogens with zero attached hydrogens (tertiary/aromatic N) is 1. The molecule has 1 fully saturated rings. The minimum Gasteiger partial charge on any atom is -0.297 e. The highest BCUT2D eigenvalue weighted by atomic mass is 32.2. The molecule has 1 N–H and O–H groups in total. The van der Waals surface area contributed by atoms with E-state index in [9.17, 15) is 26.0 Å². The molecule has 0 saturated carbocycles. The lowest BCUT2D eigenvalue weighted by Gasteiger charge is -2.17. The molecule has 2 aromatic rings. The average molecular weight is 402 g/mol. The Morgan fingerprint density at radius 1 is 1.11 bits per heavy atom. The second-order valence-corrected chi connectivity index (χ2v) is 8.18. The average Bonchev–Trinajstić information content (AvgIpc) is 3.01. The predicted molar refractivity (Wildman–Crippen MR) is 91.8 cm³/mol. The van der Waals surface area contributed by atoms with Crippen molar-refractivity contribution in [3.63, 3.8) is 0 Å².